The summed E-state index contributed by atoms with van der Waals surface area (Å²) in [5.74, 6) is 2.51. The Morgan fingerprint density at radius 1 is 1.11 bits per heavy atom. The van der Waals surface area contributed by atoms with Gasteiger partial charge in [0.25, 0.3) is 0 Å². The molecule has 150 valence electrons. The molecule has 0 saturated heterocycles. The quantitative estimate of drug-likeness (QED) is 0.818. The largest absolute Gasteiger partial charge is 0.497 e. The molecule has 1 N–H and O–H groups in total. The number of nitrogens with one attached hydrogen (secondary N) is 1. The molecule has 1 atom stereocenters. The highest BCUT2D eigenvalue weighted by atomic mass is 16.6. The van der Waals surface area contributed by atoms with Crippen molar-refractivity contribution in [1.82, 2.24) is 10.2 Å². The van der Waals surface area contributed by atoms with Crippen LogP contribution in [0, 0.1) is 5.92 Å². The Balaban J connectivity index is 1.68. The number of carbonyl (C=O) groups is 1. The van der Waals surface area contributed by atoms with Crippen LogP contribution in [0.5, 0.6) is 17.2 Å². The zero-order valence-corrected chi connectivity index (χ0v) is 16.9. The molecule has 6 nitrogen and oxygen atoms in total. The van der Waals surface area contributed by atoms with Crippen LogP contribution in [0.25, 0.3) is 0 Å². The summed E-state index contributed by atoms with van der Waals surface area (Å²) >= 11 is 0. The summed E-state index contributed by atoms with van der Waals surface area (Å²) in [5, 5.41) is 3.15. The van der Waals surface area contributed by atoms with Crippen LogP contribution in [0.1, 0.15) is 31.0 Å². The lowest BCUT2D eigenvalue weighted by atomic mass is 9.95. The maximum atomic E-state index is 12.8. The van der Waals surface area contributed by atoms with Gasteiger partial charge in [0.05, 0.1) is 13.2 Å². The van der Waals surface area contributed by atoms with Crippen molar-refractivity contribution >= 4 is 6.03 Å². The van der Waals surface area contributed by atoms with Crippen LogP contribution in [-0.4, -0.2) is 38.3 Å². The summed E-state index contributed by atoms with van der Waals surface area (Å²) < 4.78 is 16.5. The van der Waals surface area contributed by atoms with Crippen LogP contribution in [-0.2, 0) is 6.54 Å². The molecule has 0 saturated carbocycles. The minimum absolute atomic E-state index is 0.121. The predicted octanol–water partition coefficient (Wildman–Crippen LogP) is 4.01. The summed E-state index contributed by atoms with van der Waals surface area (Å²) in [4.78, 5) is 14.5. The number of ether oxygens (including phenoxy) is 3. The van der Waals surface area contributed by atoms with Crippen LogP contribution in [0.2, 0.25) is 0 Å². The standard InChI is InChI=1S/C22H28N2O4/c1-15(2)21(17-7-10-19-20(13-17)28-12-11-27-19)23-22(25)24(3)14-16-5-8-18(26-4)9-6-16/h5-10,13,15,21H,11-12,14H2,1-4H3,(H,23,25). The number of urea groups is 1. The van der Waals surface area contributed by atoms with Crippen LogP contribution < -0.4 is 19.5 Å². The van der Waals surface area contributed by atoms with Gasteiger partial charge in [-0.3, -0.25) is 0 Å². The Morgan fingerprint density at radius 3 is 2.43 bits per heavy atom. The molecule has 0 fully saturated rings. The first-order chi connectivity index (χ1) is 13.5. The van der Waals surface area contributed by atoms with E-state index in [0.29, 0.717) is 19.8 Å². The monoisotopic (exact) mass is 384 g/mol. The average molecular weight is 384 g/mol. The van der Waals surface area contributed by atoms with E-state index in [2.05, 4.69) is 19.2 Å². The molecule has 0 aromatic heterocycles. The number of hydrogen-bond donors (Lipinski definition) is 1. The van der Waals surface area contributed by atoms with E-state index in [1.807, 2.05) is 42.5 Å². The lowest BCUT2D eigenvalue weighted by Gasteiger charge is -2.28. The highest BCUT2D eigenvalue weighted by Crippen LogP contribution is 2.34. The van der Waals surface area contributed by atoms with Gasteiger partial charge < -0.3 is 24.4 Å². The minimum Gasteiger partial charge on any atom is -0.497 e. The molecular weight excluding hydrogens is 356 g/mol. The first-order valence-corrected chi connectivity index (χ1v) is 9.52. The van der Waals surface area contributed by atoms with Crippen LogP contribution in [0.4, 0.5) is 4.79 Å². The lowest BCUT2D eigenvalue weighted by molar-refractivity contribution is 0.171. The fraction of sp³-hybridized carbons (Fsp3) is 0.409. The second-order valence-corrected chi connectivity index (χ2v) is 7.28. The summed E-state index contributed by atoms with van der Waals surface area (Å²) in [7, 11) is 3.43. The van der Waals surface area contributed by atoms with E-state index in [1.54, 1.807) is 19.1 Å². The number of methoxy groups -OCH3 is 1. The first-order valence-electron chi connectivity index (χ1n) is 9.52. The lowest BCUT2D eigenvalue weighted by Crippen LogP contribution is -2.40. The van der Waals surface area contributed by atoms with E-state index in [0.717, 1.165) is 28.4 Å². The molecule has 6 heteroatoms. The van der Waals surface area contributed by atoms with Gasteiger partial charge in [-0.1, -0.05) is 32.0 Å². The predicted molar refractivity (Wildman–Crippen MR) is 108 cm³/mol. The average Bonchev–Trinajstić information content (AvgIpc) is 2.71. The van der Waals surface area contributed by atoms with Crippen molar-refractivity contribution in [3.05, 3.63) is 53.6 Å². The van der Waals surface area contributed by atoms with Gasteiger partial charge >= 0.3 is 6.03 Å². The fourth-order valence-electron chi connectivity index (χ4n) is 3.21. The molecule has 0 bridgehead atoms. The topological polar surface area (TPSA) is 60.0 Å². The van der Waals surface area contributed by atoms with Gasteiger partial charge in [0, 0.05) is 13.6 Å². The van der Waals surface area contributed by atoms with Crippen molar-refractivity contribution in [2.45, 2.75) is 26.4 Å². The normalized spacial score (nSPS) is 13.8. The van der Waals surface area contributed by atoms with Gasteiger partial charge in [0.15, 0.2) is 11.5 Å². The summed E-state index contributed by atoms with van der Waals surface area (Å²) in [6.07, 6.45) is 0. The first kappa shape index (κ1) is 19.9. The van der Waals surface area contributed by atoms with E-state index >= 15 is 0 Å². The molecule has 1 unspecified atom stereocenters. The summed E-state index contributed by atoms with van der Waals surface area (Å²) in [6, 6.07) is 13.3. The second kappa shape index (κ2) is 8.87. The molecule has 2 amide bonds. The zero-order chi connectivity index (χ0) is 20.1. The maximum absolute atomic E-state index is 12.8. The molecule has 0 spiro atoms. The van der Waals surface area contributed by atoms with Crippen LogP contribution in [0.15, 0.2) is 42.5 Å². The van der Waals surface area contributed by atoms with Gasteiger partial charge in [-0.25, -0.2) is 4.79 Å². The number of nitrogens with zero attached hydrogens (tertiary/aromatic N) is 1. The number of benzene rings is 2. The third kappa shape index (κ3) is 4.68. The van der Waals surface area contributed by atoms with Crippen molar-refractivity contribution in [1.29, 1.82) is 0 Å². The van der Waals surface area contributed by atoms with Gasteiger partial charge in [0.2, 0.25) is 0 Å². The molecular formula is C22H28N2O4. The number of fused-ring (bicyclic) bond motifs is 1. The van der Waals surface area contributed by atoms with Crippen molar-refractivity contribution in [3.8, 4) is 17.2 Å². The molecule has 2 aromatic carbocycles. The van der Waals surface area contributed by atoms with E-state index < -0.39 is 0 Å². The summed E-state index contributed by atoms with van der Waals surface area (Å²) in [5.41, 5.74) is 2.05. The number of rotatable bonds is 6. The van der Waals surface area contributed by atoms with E-state index in [9.17, 15) is 4.79 Å². The smallest absolute Gasteiger partial charge is 0.317 e. The Morgan fingerprint density at radius 2 is 1.79 bits per heavy atom. The van der Waals surface area contributed by atoms with Gasteiger partial charge in [-0.2, -0.15) is 0 Å². The van der Waals surface area contributed by atoms with Crippen molar-refractivity contribution in [2.75, 3.05) is 27.4 Å². The Kier molecular flexibility index (Phi) is 6.29. The Labute approximate surface area is 166 Å². The van der Waals surface area contributed by atoms with Gasteiger partial charge in [-0.15, -0.1) is 0 Å². The van der Waals surface area contributed by atoms with Gasteiger partial charge in [0.1, 0.15) is 19.0 Å². The van der Waals surface area contributed by atoms with E-state index in [1.165, 1.54) is 0 Å². The maximum Gasteiger partial charge on any atom is 0.317 e. The third-order valence-corrected chi connectivity index (χ3v) is 4.80. The molecule has 0 radical (unpaired) electrons. The number of carbonyl (C=O) groups excluding carboxylic acids is 1. The SMILES string of the molecule is COc1ccc(CN(C)C(=O)NC(c2ccc3c(c2)OCCO3)C(C)C)cc1. The highest BCUT2D eigenvalue weighted by Gasteiger charge is 2.23. The minimum atomic E-state index is -0.123. The third-order valence-electron chi connectivity index (χ3n) is 4.80. The van der Waals surface area contributed by atoms with Crippen molar-refractivity contribution in [3.63, 3.8) is 0 Å². The van der Waals surface area contributed by atoms with Crippen molar-refractivity contribution in [2.24, 2.45) is 5.92 Å². The molecule has 0 aliphatic carbocycles. The van der Waals surface area contributed by atoms with E-state index in [4.69, 9.17) is 14.2 Å². The second-order valence-electron chi connectivity index (χ2n) is 7.28. The van der Waals surface area contributed by atoms with E-state index in [-0.39, 0.29) is 18.0 Å². The highest BCUT2D eigenvalue weighted by molar-refractivity contribution is 5.74. The molecule has 3 rings (SSSR count). The number of amides is 2. The molecule has 28 heavy (non-hydrogen) atoms. The molecule has 1 aliphatic rings. The molecule has 2 aromatic rings. The van der Waals surface area contributed by atoms with Crippen LogP contribution >= 0.6 is 0 Å². The fourth-order valence-corrected chi connectivity index (χ4v) is 3.21. The molecule has 1 heterocycles. The molecule has 1 aliphatic heterocycles. The zero-order valence-electron chi connectivity index (χ0n) is 16.9. The van der Waals surface area contributed by atoms with Gasteiger partial charge in [-0.05, 0) is 41.3 Å². The van der Waals surface area contributed by atoms with Crippen molar-refractivity contribution < 1.29 is 19.0 Å². The Hall–Kier alpha value is -2.89. The Bertz CT molecular complexity index is 805. The number of hydrogen-bond acceptors (Lipinski definition) is 4. The summed E-state index contributed by atoms with van der Waals surface area (Å²) in [6.45, 7) is 5.80. The van der Waals surface area contributed by atoms with Crippen LogP contribution in [0.3, 0.4) is 0 Å².